The summed E-state index contributed by atoms with van der Waals surface area (Å²) in [5.41, 5.74) is 2.36. The van der Waals surface area contributed by atoms with Crippen LogP contribution in [-0.4, -0.2) is 36.7 Å². The molecule has 0 fully saturated rings. The quantitative estimate of drug-likeness (QED) is 0.614. The molecular formula is C21H20N2O5. The summed E-state index contributed by atoms with van der Waals surface area (Å²) in [6.45, 7) is 3.23. The van der Waals surface area contributed by atoms with Crippen LogP contribution in [0, 0.1) is 0 Å². The Balaban J connectivity index is 1.52. The van der Waals surface area contributed by atoms with Gasteiger partial charge in [-0.05, 0) is 35.7 Å². The van der Waals surface area contributed by atoms with Crippen molar-refractivity contribution >= 4 is 34.9 Å². The zero-order valence-electron chi connectivity index (χ0n) is 15.6. The number of anilines is 2. The van der Waals surface area contributed by atoms with Crippen LogP contribution in [-0.2, 0) is 19.1 Å². The van der Waals surface area contributed by atoms with Crippen LogP contribution in [0.2, 0.25) is 0 Å². The van der Waals surface area contributed by atoms with Gasteiger partial charge in [-0.25, -0.2) is 0 Å². The number of ether oxygens (including phenoxy) is 1. The molecule has 2 aromatic carbocycles. The zero-order chi connectivity index (χ0) is 20.3. The van der Waals surface area contributed by atoms with E-state index in [1.54, 1.807) is 30.3 Å². The predicted octanol–water partition coefficient (Wildman–Crippen LogP) is 2.52. The first-order valence-electron chi connectivity index (χ1n) is 8.87. The second kappa shape index (κ2) is 8.04. The van der Waals surface area contributed by atoms with Crippen molar-refractivity contribution in [3.8, 4) is 0 Å². The van der Waals surface area contributed by atoms with Gasteiger partial charge in [0.05, 0.1) is 11.3 Å². The number of nitrogens with one attached hydrogen (secondary N) is 1. The van der Waals surface area contributed by atoms with Gasteiger partial charge >= 0.3 is 5.97 Å². The lowest BCUT2D eigenvalue weighted by Gasteiger charge is -2.15. The van der Waals surface area contributed by atoms with Gasteiger partial charge in [0, 0.05) is 5.69 Å². The number of para-hydroxylation sites is 1. The Morgan fingerprint density at radius 3 is 2.39 bits per heavy atom. The van der Waals surface area contributed by atoms with Crippen LogP contribution in [0.5, 0.6) is 0 Å². The van der Waals surface area contributed by atoms with Crippen molar-refractivity contribution in [1.82, 2.24) is 0 Å². The lowest BCUT2D eigenvalue weighted by molar-refractivity contribution is -0.146. The molecule has 0 radical (unpaired) electrons. The normalized spacial score (nSPS) is 12.9. The van der Waals surface area contributed by atoms with Gasteiger partial charge in [0.2, 0.25) is 0 Å². The van der Waals surface area contributed by atoms with Crippen LogP contribution in [0.4, 0.5) is 11.4 Å². The predicted molar refractivity (Wildman–Crippen MR) is 103 cm³/mol. The molecule has 0 saturated heterocycles. The lowest BCUT2D eigenvalue weighted by Crippen LogP contribution is -2.36. The van der Waals surface area contributed by atoms with E-state index in [2.05, 4.69) is 19.2 Å². The Morgan fingerprint density at radius 2 is 1.71 bits per heavy atom. The molecule has 0 atom stereocenters. The molecule has 0 bridgehead atoms. The molecular weight excluding hydrogens is 360 g/mol. The molecule has 2 amide bonds. The maximum atomic E-state index is 12.0. The van der Waals surface area contributed by atoms with E-state index in [-0.39, 0.29) is 5.56 Å². The molecule has 1 aliphatic rings. The standard InChI is InChI=1S/C21H20N2O5/c1-13(2)14-7-9-15(10-8-14)22-18(24)12-28-19(25)11-23-17-6-4-3-5-16(17)20(26)21(23)27/h3-10,13H,11-12H2,1-2H3,(H,22,24). The number of fused-ring (bicyclic) bond motifs is 1. The Hall–Kier alpha value is -3.48. The van der Waals surface area contributed by atoms with Crippen molar-refractivity contribution < 1.29 is 23.9 Å². The molecule has 0 saturated carbocycles. The van der Waals surface area contributed by atoms with E-state index in [0.717, 1.165) is 10.5 Å². The Kier molecular flexibility index (Phi) is 5.54. The second-order valence-corrected chi connectivity index (χ2v) is 6.72. The van der Waals surface area contributed by atoms with E-state index in [9.17, 15) is 19.2 Å². The number of carbonyl (C=O) groups is 4. The van der Waals surface area contributed by atoms with Crippen molar-refractivity contribution in [1.29, 1.82) is 0 Å². The number of nitrogens with zero attached hydrogens (tertiary/aromatic N) is 1. The summed E-state index contributed by atoms with van der Waals surface area (Å²) >= 11 is 0. The first kappa shape index (κ1) is 19.3. The summed E-state index contributed by atoms with van der Waals surface area (Å²) in [5.74, 6) is -2.33. The monoisotopic (exact) mass is 380 g/mol. The van der Waals surface area contributed by atoms with Crippen LogP contribution < -0.4 is 10.2 Å². The Morgan fingerprint density at radius 1 is 1.04 bits per heavy atom. The Bertz CT molecular complexity index is 934. The number of amides is 2. The first-order chi connectivity index (χ1) is 13.4. The van der Waals surface area contributed by atoms with Gasteiger partial charge in [-0.1, -0.05) is 38.1 Å². The van der Waals surface area contributed by atoms with Crippen LogP contribution >= 0.6 is 0 Å². The van der Waals surface area contributed by atoms with E-state index in [1.165, 1.54) is 6.07 Å². The molecule has 1 aliphatic heterocycles. The molecule has 0 aliphatic carbocycles. The van der Waals surface area contributed by atoms with E-state index < -0.39 is 36.7 Å². The minimum atomic E-state index is -0.784. The van der Waals surface area contributed by atoms with E-state index in [4.69, 9.17) is 4.74 Å². The van der Waals surface area contributed by atoms with Crippen LogP contribution in [0.15, 0.2) is 48.5 Å². The maximum absolute atomic E-state index is 12.0. The molecule has 7 heteroatoms. The fourth-order valence-corrected chi connectivity index (χ4v) is 2.87. The molecule has 0 spiro atoms. The van der Waals surface area contributed by atoms with Crippen molar-refractivity contribution in [3.63, 3.8) is 0 Å². The Labute approximate surface area is 162 Å². The number of hydrogen-bond donors (Lipinski definition) is 1. The number of rotatable bonds is 6. The molecule has 144 valence electrons. The zero-order valence-corrected chi connectivity index (χ0v) is 15.6. The number of esters is 1. The topological polar surface area (TPSA) is 92.8 Å². The van der Waals surface area contributed by atoms with E-state index >= 15 is 0 Å². The summed E-state index contributed by atoms with van der Waals surface area (Å²) in [7, 11) is 0. The summed E-state index contributed by atoms with van der Waals surface area (Å²) in [4.78, 5) is 49.0. The van der Waals surface area contributed by atoms with Gasteiger partial charge in [0.25, 0.3) is 17.6 Å². The fourth-order valence-electron chi connectivity index (χ4n) is 2.87. The number of Topliss-reactive ketones (excluding diaryl/α,β-unsaturated/α-hetero) is 1. The van der Waals surface area contributed by atoms with Crippen molar-refractivity contribution in [2.75, 3.05) is 23.4 Å². The third-order valence-corrected chi connectivity index (χ3v) is 4.39. The molecule has 0 aromatic heterocycles. The summed E-state index contributed by atoms with van der Waals surface area (Å²) in [6.07, 6.45) is 0. The van der Waals surface area contributed by atoms with Gasteiger partial charge < -0.3 is 10.1 Å². The summed E-state index contributed by atoms with van der Waals surface area (Å²) in [6, 6.07) is 13.8. The van der Waals surface area contributed by atoms with E-state index in [0.29, 0.717) is 17.3 Å². The van der Waals surface area contributed by atoms with Crippen molar-refractivity contribution in [3.05, 3.63) is 59.7 Å². The molecule has 28 heavy (non-hydrogen) atoms. The minimum Gasteiger partial charge on any atom is -0.454 e. The highest BCUT2D eigenvalue weighted by atomic mass is 16.5. The molecule has 3 rings (SSSR count). The maximum Gasteiger partial charge on any atom is 0.326 e. The highest BCUT2D eigenvalue weighted by Crippen LogP contribution is 2.28. The van der Waals surface area contributed by atoms with Crippen molar-refractivity contribution in [2.24, 2.45) is 0 Å². The van der Waals surface area contributed by atoms with Crippen LogP contribution in [0.1, 0.15) is 35.7 Å². The van der Waals surface area contributed by atoms with Crippen LogP contribution in [0.25, 0.3) is 0 Å². The van der Waals surface area contributed by atoms with Gasteiger partial charge in [-0.2, -0.15) is 0 Å². The highest BCUT2D eigenvalue weighted by molar-refractivity contribution is 6.52. The molecule has 2 aromatic rings. The first-order valence-corrected chi connectivity index (χ1v) is 8.87. The fraction of sp³-hybridized carbons (Fsp3) is 0.238. The lowest BCUT2D eigenvalue weighted by atomic mass is 10.0. The number of ketones is 1. The van der Waals surface area contributed by atoms with Crippen LogP contribution in [0.3, 0.4) is 0 Å². The third-order valence-electron chi connectivity index (χ3n) is 4.39. The summed E-state index contributed by atoms with van der Waals surface area (Å²) in [5, 5.41) is 2.64. The molecule has 1 heterocycles. The minimum absolute atomic E-state index is 0.253. The molecule has 7 nitrogen and oxygen atoms in total. The molecule has 1 N–H and O–H groups in total. The molecule has 0 unspecified atom stereocenters. The van der Waals surface area contributed by atoms with E-state index in [1.807, 2.05) is 12.1 Å². The number of hydrogen-bond acceptors (Lipinski definition) is 5. The van der Waals surface area contributed by atoms with Gasteiger partial charge in [0.1, 0.15) is 6.54 Å². The summed E-state index contributed by atoms with van der Waals surface area (Å²) < 4.78 is 4.94. The number of benzene rings is 2. The van der Waals surface area contributed by atoms with Gasteiger partial charge in [-0.3, -0.25) is 24.1 Å². The smallest absolute Gasteiger partial charge is 0.326 e. The third kappa shape index (κ3) is 4.09. The average Bonchev–Trinajstić information content (AvgIpc) is 2.92. The van der Waals surface area contributed by atoms with Gasteiger partial charge in [0.15, 0.2) is 6.61 Å². The SMILES string of the molecule is CC(C)c1ccc(NC(=O)COC(=O)CN2C(=O)C(=O)c3ccccc32)cc1. The van der Waals surface area contributed by atoms with Crippen molar-refractivity contribution in [2.45, 2.75) is 19.8 Å². The van der Waals surface area contributed by atoms with Gasteiger partial charge in [-0.15, -0.1) is 0 Å². The second-order valence-electron chi connectivity index (χ2n) is 6.72. The number of carbonyl (C=O) groups excluding carboxylic acids is 4. The highest BCUT2D eigenvalue weighted by Gasteiger charge is 2.36. The largest absolute Gasteiger partial charge is 0.454 e. The average molecular weight is 380 g/mol.